The molecular formula is C13H15NO3. The SMILES string of the molecule is Cc1c(C(C)NCC(=O)O)oc2ccccc12. The maximum Gasteiger partial charge on any atom is 0.317 e. The second-order valence-corrected chi connectivity index (χ2v) is 4.08. The Bertz CT molecular complexity index is 545. The Morgan fingerprint density at radius 2 is 2.18 bits per heavy atom. The Balaban J connectivity index is 2.29. The van der Waals surface area contributed by atoms with E-state index >= 15 is 0 Å². The number of benzene rings is 1. The van der Waals surface area contributed by atoms with Crippen LogP contribution in [0.1, 0.15) is 24.3 Å². The van der Waals surface area contributed by atoms with Gasteiger partial charge in [-0.1, -0.05) is 18.2 Å². The van der Waals surface area contributed by atoms with E-state index in [0.29, 0.717) is 0 Å². The fraction of sp³-hybridized carbons (Fsp3) is 0.308. The van der Waals surface area contributed by atoms with Crippen LogP contribution < -0.4 is 5.32 Å². The molecule has 0 saturated heterocycles. The number of carboxylic acids is 1. The minimum absolute atomic E-state index is 0.0718. The third-order valence-electron chi connectivity index (χ3n) is 2.83. The van der Waals surface area contributed by atoms with Gasteiger partial charge in [0.25, 0.3) is 0 Å². The molecule has 90 valence electrons. The van der Waals surface area contributed by atoms with E-state index in [-0.39, 0.29) is 12.6 Å². The first-order valence-corrected chi connectivity index (χ1v) is 5.53. The van der Waals surface area contributed by atoms with Gasteiger partial charge in [0.2, 0.25) is 0 Å². The lowest BCUT2D eigenvalue weighted by Crippen LogP contribution is -2.25. The molecule has 1 atom stereocenters. The molecule has 0 saturated carbocycles. The zero-order chi connectivity index (χ0) is 12.4. The van der Waals surface area contributed by atoms with Crippen molar-refractivity contribution >= 4 is 16.9 Å². The zero-order valence-corrected chi connectivity index (χ0v) is 9.86. The molecule has 0 amide bonds. The summed E-state index contributed by atoms with van der Waals surface area (Å²) in [5.41, 5.74) is 1.90. The van der Waals surface area contributed by atoms with Gasteiger partial charge in [-0.25, -0.2) is 0 Å². The Morgan fingerprint density at radius 3 is 2.82 bits per heavy atom. The number of carboxylic acid groups (broad SMARTS) is 1. The first-order chi connectivity index (χ1) is 8.09. The van der Waals surface area contributed by atoms with Gasteiger partial charge < -0.3 is 9.52 Å². The van der Waals surface area contributed by atoms with Crippen molar-refractivity contribution in [2.45, 2.75) is 19.9 Å². The molecule has 1 heterocycles. The number of nitrogens with one attached hydrogen (secondary N) is 1. The van der Waals surface area contributed by atoms with Crippen molar-refractivity contribution in [1.29, 1.82) is 0 Å². The highest BCUT2D eigenvalue weighted by Gasteiger charge is 2.16. The van der Waals surface area contributed by atoms with Gasteiger partial charge in [-0.15, -0.1) is 0 Å². The van der Waals surface area contributed by atoms with Gasteiger partial charge in [0.15, 0.2) is 0 Å². The second kappa shape index (κ2) is 4.59. The molecule has 1 aromatic heterocycles. The molecule has 0 spiro atoms. The van der Waals surface area contributed by atoms with Crippen molar-refractivity contribution in [2.24, 2.45) is 0 Å². The van der Waals surface area contributed by atoms with E-state index < -0.39 is 5.97 Å². The minimum Gasteiger partial charge on any atom is -0.480 e. The number of furan rings is 1. The van der Waals surface area contributed by atoms with Gasteiger partial charge in [0.1, 0.15) is 11.3 Å². The van der Waals surface area contributed by atoms with Crippen molar-refractivity contribution in [3.63, 3.8) is 0 Å². The van der Waals surface area contributed by atoms with Crippen LogP contribution in [0.15, 0.2) is 28.7 Å². The highest BCUT2D eigenvalue weighted by molar-refractivity contribution is 5.82. The minimum atomic E-state index is -0.870. The average molecular weight is 233 g/mol. The smallest absolute Gasteiger partial charge is 0.317 e. The highest BCUT2D eigenvalue weighted by Crippen LogP contribution is 2.28. The molecular weight excluding hydrogens is 218 g/mol. The van der Waals surface area contributed by atoms with Crippen LogP contribution in [0.4, 0.5) is 0 Å². The maximum atomic E-state index is 10.5. The molecule has 0 aliphatic heterocycles. The summed E-state index contributed by atoms with van der Waals surface area (Å²) >= 11 is 0. The molecule has 2 aromatic rings. The lowest BCUT2D eigenvalue weighted by atomic mass is 10.1. The molecule has 2 rings (SSSR count). The van der Waals surface area contributed by atoms with E-state index in [9.17, 15) is 4.79 Å². The standard InChI is InChI=1S/C13H15NO3/c1-8-10-5-3-4-6-11(10)17-13(8)9(2)14-7-12(15)16/h3-6,9,14H,7H2,1-2H3,(H,15,16). The summed E-state index contributed by atoms with van der Waals surface area (Å²) in [6.45, 7) is 3.81. The topological polar surface area (TPSA) is 62.5 Å². The Labute approximate surface area is 99.2 Å². The fourth-order valence-corrected chi connectivity index (χ4v) is 1.94. The zero-order valence-electron chi connectivity index (χ0n) is 9.86. The third kappa shape index (κ3) is 2.31. The van der Waals surface area contributed by atoms with E-state index in [1.165, 1.54) is 0 Å². The van der Waals surface area contributed by atoms with E-state index in [0.717, 1.165) is 22.3 Å². The molecule has 0 radical (unpaired) electrons. The van der Waals surface area contributed by atoms with E-state index in [2.05, 4.69) is 5.32 Å². The van der Waals surface area contributed by atoms with Crippen molar-refractivity contribution < 1.29 is 14.3 Å². The summed E-state index contributed by atoms with van der Waals surface area (Å²) in [6.07, 6.45) is 0. The largest absolute Gasteiger partial charge is 0.480 e. The van der Waals surface area contributed by atoms with Crippen molar-refractivity contribution in [3.05, 3.63) is 35.6 Å². The first kappa shape index (κ1) is 11.7. The van der Waals surface area contributed by atoms with Crippen molar-refractivity contribution in [1.82, 2.24) is 5.32 Å². The van der Waals surface area contributed by atoms with Crippen LogP contribution >= 0.6 is 0 Å². The fourth-order valence-electron chi connectivity index (χ4n) is 1.94. The highest BCUT2D eigenvalue weighted by atomic mass is 16.4. The van der Waals surface area contributed by atoms with Crippen molar-refractivity contribution in [3.8, 4) is 0 Å². The number of aliphatic carboxylic acids is 1. The third-order valence-corrected chi connectivity index (χ3v) is 2.83. The molecule has 2 N–H and O–H groups in total. The predicted octanol–water partition coefficient (Wildman–Crippen LogP) is 2.48. The lowest BCUT2D eigenvalue weighted by Gasteiger charge is -2.10. The Morgan fingerprint density at radius 1 is 1.47 bits per heavy atom. The lowest BCUT2D eigenvalue weighted by molar-refractivity contribution is -0.136. The van der Waals surface area contributed by atoms with E-state index in [1.807, 2.05) is 38.1 Å². The monoisotopic (exact) mass is 233 g/mol. The summed E-state index contributed by atoms with van der Waals surface area (Å²) in [4.78, 5) is 10.5. The predicted molar refractivity (Wildman–Crippen MR) is 65.0 cm³/mol. The molecule has 0 aliphatic rings. The Hall–Kier alpha value is -1.81. The summed E-state index contributed by atoms with van der Waals surface area (Å²) in [5.74, 6) is -0.0712. The van der Waals surface area contributed by atoms with Gasteiger partial charge in [-0.05, 0) is 25.5 Å². The van der Waals surface area contributed by atoms with Gasteiger partial charge in [0, 0.05) is 5.39 Å². The van der Waals surface area contributed by atoms with Crippen molar-refractivity contribution in [2.75, 3.05) is 6.54 Å². The summed E-state index contributed by atoms with van der Waals surface area (Å²) in [6, 6.07) is 7.68. The van der Waals surface area contributed by atoms with E-state index in [1.54, 1.807) is 0 Å². The maximum absolute atomic E-state index is 10.5. The van der Waals surface area contributed by atoms with Crippen LogP contribution in [0.5, 0.6) is 0 Å². The van der Waals surface area contributed by atoms with Crippen LogP contribution in [0.3, 0.4) is 0 Å². The Kier molecular flexibility index (Phi) is 3.15. The van der Waals surface area contributed by atoms with Gasteiger partial charge in [0.05, 0.1) is 12.6 Å². The summed E-state index contributed by atoms with van der Waals surface area (Å²) in [5, 5.41) is 12.6. The molecule has 1 aromatic carbocycles. The molecule has 0 fully saturated rings. The van der Waals surface area contributed by atoms with Gasteiger partial charge in [-0.2, -0.15) is 0 Å². The number of fused-ring (bicyclic) bond motifs is 1. The first-order valence-electron chi connectivity index (χ1n) is 5.53. The van der Waals surface area contributed by atoms with E-state index in [4.69, 9.17) is 9.52 Å². The molecule has 0 aliphatic carbocycles. The number of carbonyl (C=O) groups is 1. The summed E-state index contributed by atoms with van der Waals surface area (Å²) < 4.78 is 5.74. The quantitative estimate of drug-likeness (QED) is 0.851. The number of aryl methyl sites for hydroxylation is 1. The van der Waals surface area contributed by atoms with Gasteiger partial charge in [-0.3, -0.25) is 10.1 Å². The number of para-hydroxylation sites is 1. The van der Waals surface area contributed by atoms with Crippen LogP contribution in [0.25, 0.3) is 11.0 Å². The van der Waals surface area contributed by atoms with Crippen LogP contribution in [-0.2, 0) is 4.79 Å². The average Bonchev–Trinajstić information content (AvgIpc) is 2.64. The second-order valence-electron chi connectivity index (χ2n) is 4.08. The molecule has 17 heavy (non-hydrogen) atoms. The molecule has 0 bridgehead atoms. The van der Waals surface area contributed by atoms with Crippen LogP contribution in [0.2, 0.25) is 0 Å². The molecule has 4 nitrogen and oxygen atoms in total. The number of rotatable bonds is 4. The van der Waals surface area contributed by atoms with Crippen LogP contribution in [0, 0.1) is 6.92 Å². The van der Waals surface area contributed by atoms with Gasteiger partial charge >= 0.3 is 5.97 Å². The normalized spacial score (nSPS) is 12.8. The van der Waals surface area contributed by atoms with Crippen LogP contribution in [-0.4, -0.2) is 17.6 Å². The summed E-state index contributed by atoms with van der Waals surface area (Å²) in [7, 11) is 0. The molecule has 4 heteroatoms. The number of hydrogen-bond acceptors (Lipinski definition) is 3. The molecule has 1 unspecified atom stereocenters. The number of hydrogen-bond donors (Lipinski definition) is 2.